The molecule has 3 N–H and O–H groups in total. The van der Waals surface area contributed by atoms with Crippen LogP contribution >= 0.6 is 11.9 Å². The summed E-state index contributed by atoms with van der Waals surface area (Å²) in [5.41, 5.74) is 8.06. The molecule has 3 nitrogen and oxygen atoms in total. The third-order valence-corrected chi connectivity index (χ3v) is 4.46. The Morgan fingerprint density at radius 3 is 2.86 bits per heavy atom. The van der Waals surface area contributed by atoms with E-state index in [4.69, 9.17) is 10.5 Å². The number of hydrogen-bond donors (Lipinski definition) is 2. The summed E-state index contributed by atoms with van der Waals surface area (Å²) in [6.07, 6.45) is 6.27. The largest absolute Gasteiger partial charge is 0.493 e. The van der Waals surface area contributed by atoms with Crippen LogP contribution in [0.2, 0.25) is 0 Å². The molecular formula is C17H28N2OS. The molecule has 1 aromatic carbocycles. The van der Waals surface area contributed by atoms with Crippen LogP contribution in [0.15, 0.2) is 18.2 Å². The third-order valence-electron chi connectivity index (χ3n) is 3.62. The van der Waals surface area contributed by atoms with Gasteiger partial charge in [0.25, 0.3) is 0 Å². The molecule has 0 heterocycles. The molecule has 0 aliphatic heterocycles. The topological polar surface area (TPSA) is 47.3 Å². The molecule has 0 saturated heterocycles. The van der Waals surface area contributed by atoms with Crippen LogP contribution in [0.1, 0.15) is 43.2 Å². The number of benzene rings is 1. The molecule has 1 aliphatic carbocycles. The van der Waals surface area contributed by atoms with E-state index in [-0.39, 0.29) is 0 Å². The van der Waals surface area contributed by atoms with E-state index < -0.39 is 0 Å². The molecule has 21 heavy (non-hydrogen) atoms. The lowest BCUT2D eigenvalue weighted by Gasteiger charge is -2.10. The maximum Gasteiger partial charge on any atom is 0.119 e. The van der Waals surface area contributed by atoms with E-state index in [2.05, 4.69) is 29.8 Å². The maximum absolute atomic E-state index is 5.88. The number of unbranched alkanes of at least 4 members (excludes halogenated alkanes) is 2. The van der Waals surface area contributed by atoms with Crippen LogP contribution in [0.5, 0.6) is 5.75 Å². The molecule has 0 spiro atoms. The fourth-order valence-corrected chi connectivity index (χ4v) is 2.97. The first-order valence-corrected chi connectivity index (χ1v) is 9.04. The average molecular weight is 308 g/mol. The Morgan fingerprint density at radius 1 is 1.24 bits per heavy atom. The highest BCUT2D eigenvalue weighted by Gasteiger charge is 2.21. The minimum atomic E-state index is 0.802. The van der Waals surface area contributed by atoms with Crippen LogP contribution in [0.25, 0.3) is 0 Å². The summed E-state index contributed by atoms with van der Waals surface area (Å²) in [6.45, 7) is 4.72. The Morgan fingerprint density at radius 2 is 2.10 bits per heavy atom. The predicted octanol–water partition coefficient (Wildman–Crippen LogP) is 3.65. The second kappa shape index (κ2) is 9.34. The van der Waals surface area contributed by atoms with E-state index in [1.165, 1.54) is 36.8 Å². The van der Waals surface area contributed by atoms with Gasteiger partial charge in [-0.1, -0.05) is 24.4 Å². The molecule has 0 unspecified atom stereocenters. The summed E-state index contributed by atoms with van der Waals surface area (Å²) in [5, 5.41) is 0. The van der Waals surface area contributed by atoms with Gasteiger partial charge < -0.3 is 10.5 Å². The SMILES string of the molecule is Cc1cc(CNSCCCCCN)cc(OCC2CC2)c1. The molecule has 0 radical (unpaired) electrons. The van der Waals surface area contributed by atoms with Crippen LogP contribution in [0, 0.1) is 12.8 Å². The van der Waals surface area contributed by atoms with Crippen LogP contribution in [0.4, 0.5) is 0 Å². The molecule has 2 rings (SSSR count). The lowest BCUT2D eigenvalue weighted by Crippen LogP contribution is -2.06. The van der Waals surface area contributed by atoms with Crippen molar-refractivity contribution in [3.05, 3.63) is 29.3 Å². The molecule has 1 aliphatic rings. The van der Waals surface area contributed by atoms with E-state index in [0.29, 0.717) is 0 Å². The smallest absolute Gasteiger partial charge is 0.119 e. The lowest BCUT2D eigenvalue weighted by atomic mass is 10.1. The Kier molecular flexibility index (Phi) is 7.41. The second-order valence-electron chi connectivity index (χ2n) is 5.93. The van der Waals surface area contributed by atoms with Gasteiger partial charge in [-0.05, 0) is 68.3 Å². The second-order valence-corrected chi connectivity index (χ2v) is 6.91. The number of nitrogens with one attached hydrogen (secondary N) is 1. The average Bonchev–Trinajstić information content (AvgIpc) is 3.28. The van der Waals surface area contributed by atoms with Gasteiger partial charge in [-0.2, -0.15) is 0 Å². The summed E-state index contributed by atoms with van der Waals surface area (Å²) in [6, 6.07) is 6.52. The van der Waals surface area contributed by atoms with E-state index in [9.17, 15) is 0 Å². The zero-order chi connectivity index (χ0) is 14.9. The minimum Gasteiger partial charge on any atom is -0.493 e. The van der Waals surface area contributed by atoms with Gasteiger partial charge >= 0.3 is 0 Å². The van der Waals surface area contributed by atoms with Crippen LogP contribution in [-0.2, 0) is 6.54 Å². The summed E-state index contributed by atoms with van der Waals surface area (Å²) in [4.78, 5) is 0. The predicted molar refractivity (Wildman–Crippen MR) is 91.6 cm³/mol. The van der Waals surface area contributed by atoms with Crippen LogP contribution in [-0.4, -0.2) is 18.9 Å². The van der Waals surface area contributed by atoms with Gasteiger partial charge in [0.1, 0.15) is 5.75 Å². The third kappa shape index (κ3) is 7.21. The fourth-order valence-electron chi connectivity index (χ4n) is 2.21. The lowest BCUT2D eigenvalue weighted by molar-refractivity contribution is 0.299. The van der Waals surface area contributed by atoms with Gasteiger partial charge in [-0.15, -0.1) is 0 Å². The van der Waals surface area contributed by atoms with Gasteiger partial charge in [0, 0.05) is 12.3 Å². The maximum atomic E-state index is 5.88. The summed E-state index contributed by atoms with van der Waals surface area (Å²) < 4.78 is 9.32. The molecule has 0 atom stereocenters. The van der Waals surface area contributed by atoms with Crippen molar-refractivity contribution in [1.29, 1.82) is 0 Å². The van der Waals surface area contributed by atoms with Crippen molar-refractivity contribution in [2.45, 2.75) is 45.6 Å². The zero-order valence-electron chi connectivity index (χ0n) is 13.1. The number of rotatable bonds is 11. The van der Waals surface area contributed by atoms with Crippen molar-refractivity contribution in [1.82, 2.24) is 4.72 Å². The molecule has 1 fully saturated rings. The van der Waals surface area contributed by atoms with Crippen molar-refractivity contribution in [3.8, 4) is 5.75 Å². The number of nitrogens with two attached hydrogens (primary N) is 1. The van der Waals surface area contributed by atoms with Crippen molar-refractivity contribution < 1.29 is 4.74 Å². The van der Waals surface area contributed by atoms with Crippen molar-refractivity contribution in [3.63, 3.8) is 0 Å². The van der Waals surface area contributed by atoms with Gasteiger partial charge in [-0.3, -0.25) is 4.72 Å². The van der Waals surface area contributed by atoms with Crippen molar-refractivity contribution in [2.75, 3.05) is 18.9 Å². The Balaban J connectivity index is 1.66. The van der Waals surface area contributed by atoms with Crippen LogP contribution < -0.4 is 15.2 Å². The fraction of sp³-hybridized carbons (Fsp3) is 0.647. The van der Waals surface area contributed by atoms with Gasteiger partial charge in [-0.25, -0.2) is 0 Å². The van der Waals surface area contributed by atoms with Gasteiger partial charge in [0.05, 0.1) is 6.61 Å². The first kappa shape index (κ1) is 16.7. The first-order valence-electron chi connectivity index (χ1n) is 8.06. The van der Waals surface area contributed by atoms with Crippen LogP contribution in [0.3, 0.4) is 0 Å². The highest BCUT2D eigenvalue weighted by Crippen LogP contribution is 2.30. The Bertz CT molecular complexity index is 421. The quantitative estimate of drug-likeness (QED) is 0.484. The van der Waals surface area contributed by atoms with Crippen molar-refractivity contribution in [2.24, 2.45) is 11.7 Å². The summed E-state index contributed by atoms with van der Waals surface area (Å²) >= 11 is 1.81. The molecule has 0 amide bonds. The first-order chi connectivity index (χ1) is 10.3. The zero-order valence-corrected chi connectivity index (χ0v) is 13.9. The number of ether oxygens (including phenoxy) is 1. The summed E-state index contributed by atoms with van der Waals surface area (Å²) in [7, 11) is 0. The van der Waals surface area contributed by atoms with E-state index in [0.717, 1.165) is 43.5 Å². The highest BCUT2D eigenvalue weighted by atomic mass is 32.2. The van der Waals surface area contributed by atoms with E-state index in [1.54, 1.807) is 11.9 Å². The minimum absolute atomic E-state index is 0.802. The molecule has 1 aromatic rings. The van der Waals surface area contributed by atoms with E-state index in [1.807, 2.05) is 0 Å². The summed E-state index contributed by atoms with van der Waals surface area (Å²) in [5.74, 6) is 2.97. The monoisotopic (exact) mass is 308 g/mol. The molecular weight excluding hydrogens is 280 g/mol. The standard InChI is InChI=1S/C17H28N2OS/c1-14-9-16(12-19-21-8-4-2-3-7-18)11-17(10-14)20-13-15-5-6-15/h9-11,15,19H,2-8,12-13,18H2,1H3. The Hall–Kier alpha value is -0.710. The molecule has 4 heteroatoms. The van der Waals surface area contributed by atoms with E-state index >= 15 is 0 Å². The molecule has 1 saturated carbocycles. The molecule has 118 valence electrons. The molecule has 0 aromatic heterocycles. The van der Waals surface area contributed by atoms with Crippen molar-refractivity contribution >= 4 is 11.9 Å². The van der Waals surface area contributed by atoms with Gasteiger partial charge in [0.15, 0.2) is 0 Å². The normalized spacial score (nSPS) is 14.4. The number of hydrogen-bond acceptors (Lipinski definition) is 4. The number of aryl methyl sites for hydroxylation is 1. The molecule has 0 bridgehead atoms. The highest BCUT2D eigenvalue weighted by molar-refractivity contribution is 7.97. The Labute approximate surface area is 133 Å². The van der Waals surface area contributed by atoms with Gasteiger partial charge in [0.2, 0.25) is 0 Å².